The van der Waals surface area contributed by atoms with E-state index in [0.717, 1.165) is 24.6 Å². The summed E-state index contributed by atoms with van der Waals surface area (Å²) < 4.78 is 1.31. The minimum absolute atomic E-state index is 0.434. The van der Waals surface area contributed by atoms with Gasteiger partial charge in [0.15, 0.2) is 0 Å². The summed E-state index contributed by atoms with van der Waals surface area (Å²) in [7, 11) is 0. The van der Waals surface area contributed by atoms with Crippen molar-refractivity contribution < 1.29 is 14.8 Å². The third-order valence-electron chi connectivity index (χ3n) is 2.84. The fourth-order valence-electron chi connectivity index (χ4n) is 1.90. The lowest BCUT2D eigenvalue weighted by Gasteiger charge is -2.01. The lowest BCUT2D eigenvalue weighted by atomic mass is 10.1. The molecule has 7 heteroatoms. The second-order valence-corrected chi connectivity index (χ2v) is 4.28. The molecule has 1 aromatic carbocycles. The normalized spacial score (nSPS) is 10.4. The van der Waals surface area contributed by atoms with Crippen molar-refractivity contribution in [2.45, 2.75) is 19.4 Å². The monoisotopic (exact) mass is 275 g/mol. The summed E-state index contributed by atoms with van der Waals surface area (Å²) >= 11 is 0. The highest BCUT2D eigenvalue weighted by Gasteiger charge is 2.24. The topological polar surface area (TPSA) is 98.3 Å². The predicted octanol–water partition coefficient (Wildman–Crippen LogP) is 2.12. The lowest BCUT2D eigenvalue weighted by molar-refractivity contribution is -0.385. The first-order valence-electron chi connectivity index (χ1n) is 6.07. The van der Waals surface area contributed by atoms with Crippen molar-refractivity contribution >= 4 is 11.7 Å². The molecule has 0 unspecified atom stereocenters. The number of rotatable bonds is 6. The van der Waals surface area contributed by atoms with Crippen molar-refractivity contribution in [3.05, 3.63) is 57.9 Å². The van der Waals surface area contributed by atoms with Crippen molar-refractivity contribution in [3.63, 3.8) is 0 Å². The van der Waals surface area contributed by atoms with Crippen molar-refractivity contribution in [1.82, 2.24) is 9.78 Å². The molecule has 1 N–H and O–H groups in total. The molecule has 1 aromatic heterocycles. The predicted molar refractivity (Wildman–Crippen MR) is 70.6 cm³/mol. The van der Waals surface area contributed by atoms with E-state index in [1.54, 1.807) is 0 Å². The lowest BCUT2D eigenvalue weighted by Crippen LogP contribution is -2.04. The average molecular weight is 275 g/mol. The summed E-state index contributed by atoms with van der Waals surface area (Å²) in [5, 5.41) is 23.3. The zero-order valence-corrected chi connectivity index (χ0v) is 10.6. The van der Waals surface area contributed by atoms with E-state index < -0.39 is 22.3 Å². The van der Waals surface area contributed by atoms with E-state index in [9.17, 15) is 14.9 Å². The van der Waals surface area contributed by atoms with Crippen LogP contribution in [0.1, 0.15) is 22.5 Å². The van der Waals surface area contributed by atoms with Crippen LogP contribution in [0.25, 0.3) is 0 Å². The number of carboxylic acid groups (broad SMARTS) is 1. The number of benzene rings is 1. The summed E-state index contributed by atoms with van der Waals surface area (Å²) in [6.45, 7) is 0.434. The molecule has 0 spiro atoms. The SMILES string of the molecule is O=C(O)c1nn(CCCc2ccccc2)cc1[N+](=O)[O-]. The first-order chi connectivity index (χ1) is 9.58. The van der Waals surface area contributed by atoms with Gasteiger partial charge in [-0.3, -0.25) is 14.8 Å². The molecule has 0 bridgehead atoms. The second kappa shape index (κ2) is 5.96. The van der Waals surface area contributed by atoms with Crippen LogP contribution >= 0.6 is 0 Å². The average Bonchev–Trinajstić information content (AvgIpc) is 2.85. The molecule has 0 aliphatic rings. The van der Waals surface area contributed by atoms with Gasteiger partial charge in [-0.1, -0.05) is 30.3 Å². The van der Waals surface area contributed by atoms with Gasteiger partial charge in [0.1, 0.15) is 6.20 Å². The van der Waals surface area contributed by atoms with Gasteiger partial charge in [0.2, 0.25) is 5.69 Å². The number of aromatic carboxylic acids is 1. The van der Waals surface area contributed by atoms with Gasteiger partial charge in [0, 0.05) is 6.54 Å². The quantitative estimate of drug-likeness (QED) is 0.643. The summed E-state index contributed by atoms with van der Waals surface area (Å²) in [5.41, 5.74) is 0.166. The summed E-state index contributed by atoms with van der Waals surface area (Å²) in [6, 6.07) is 9.80. The number of hydrogen-bond donors (Lipinski definition) is 1. The molecule has 2 aromatic rings. The molecule has 0 amide bonds. The third kappa shape index (κ3) is 3.19. The molecule has 104 valence electrons. The van der Waals surface area contributed by atoms with Crippen LogP contribution in [0, 0.1) is 10.1 Å². The highest BCUT2D eigenvalue weighted by atomic mass is 16.6. The van der Waals surface area contributed by atoms with Gasteiger partial charge >= 0.3 is 11.7 Å². The molecule has 7 nitrogen and oxygen atoms in total. The molecule has 0 saturated carbocycles. The zero-order chi connectivity index (χ0) is 14.5. The highest BCUT2D eigenvalue weighted by Crippen LogP contribution is 2.17. The molecule has 0 fully saturated rings. The Labute approximate surface area is 114 Å². The van der Waals surface area contributed by atoms with Gasteiger partial charge in [-0.2, -0.15) is 5.10 Å². The number of carboxylic acids is 1. The maximum absolute atomic E-state index is 10.9. The van der Waals surface area contributed by atoms with Crippen LogP contribution in [-0.2, 0) is 13.0 Å². The first-order valence-corrected chi connectivity index (χ1v) is 6.07. The van der Waals surface area contributed by atoms with Gasteiger partial charge in [-0.05, 0) is 18.4 Å². The molecule has 0 aliphatic heterocycles. The number of aryl methyl sites for hydroxylation is 2. The third-order valence-corrected chi connectivity index (χ3v) is 2.84. The van der Waals surface area contributed by atoms with Gasteiger partial charge in [0.25, 0.3) is 0 Å². The van der Waals surface area contributed by atoms with Crippen LogP contribution in [0.15, 0.2) is 36.5 Å². The minimum atomic E-state index is -1.39. The summed E-state index contributed by atoms with van der Waals surface area (Å²) in [4.78, 5) is 20.8. The Morgan fingerprint density at radius 2 is 2.05 bits per heavy atom. The number of hydrogen-bond acceptors (Lipinski definition) is 4. The van der Waals surface area contributed by atoms with Crippen LogP contribution < -0.4 is 0 Å². The van der Waals surface area contributed by atoms with Crippen molar-refractivity contribution in [2.24, 2.45) is 0 Å². The Kier molecular flexibility index (Phi) is 4.09. The molecule has 0 radical (unpaired) electrons. The molecule has 1 heterocycles. The number of aromatic nitrogens is 2. The van der Waals surface area contributed by atoms with E-state index in [4.69, 9.17) is 5.11 Å². The fraction of sp³-hybridized carbons (Fsp3) is 0.231. The largest absolute Gasteiger partial charge is 0.476 e. The standard InChI is InChI=1S/C13H13N3O4/c17-13(18)12-11(16(19)20)9-15(14-12)8-4-7-10-5-2-1-3-6-10/h1-3,5-6,9H,4,7-8H2,(H,17,18). The first kappa shape index (κ1) is 13.7. The Hall–Kier alpha value is -2.70. The molecule has 0 atom stereocenters. The number of nitro groups is 1. The van der Waals surface area contributed by atoms with E-state index in [1.807, 2.05) is 30.3 Å². The molecule has 0 saturated heterocycles. The van der Waals surface area contributed by atoms with E-state index in [-0.39, 0.29) is 0 Å². The van der Waals surface area contributed by atoms with E-state index in [0.29, 0.717) is 6.54 Å². The molecular formula is C13H13N3O4. The molecular weight excluding hydrogens is 262 g/mol. The van der Waals surface area contributed by atoms with Gasteiger partial charge < -0.3 is 5.11 Å². The Bertz CT molecular complexity index is 590. The Morgan fingerprint density at radius 3 is 2.60 bits per heavy atom. The van der Waals surface area contributed by atoms with Crippen LogP contribution in [0.3, 0.4) is 0 Å². The van der Waals surface area contributed by atoms with Crippen LogP contribution in [0.5, 0.6) is 0 Å². The van der Waals surface area contributed by atoms with E-state index in [1.165, 1.54) is 4.68 Å². The molecule has 0 aliphatic carbocycles. The summed E-state index contributed by atoms with van der Waals surface area (Å²) in [5.74, 6) is -1.39. The van der Waals surface area contributed by atoms with E-state index >= 15 is 0 Å². The van der Waals surface area contributed by atoms with Crippen LogP contribution in [0.2, 0.25) is 0 Å². The smallest absolute Gasteiger partial charge is 0.363 e. The van der Waals surface area contributed by atoms with Gasteiger partial charge in [0.05, 0.1) is 4.92 Å². The Balaban J connectivity index is 2.01. The zero-order valence-electron chi connectivity index (χ0n) is 10.6. The number of carbonyl (C=O) groups is 1. The maximum Gasteiger partial charge on any atom is 0.363 e. The van der Waals surface area contributed by atoms with Crippen LogP contribution in [0.4, 0.5) is 5.69 Å². The van der Waals surface area contributed by atoms with Crippen molar-refractivity contribution in [2.75, 3.05) is 0 Å². The fourth-order valence-corrected chi connectivity index (χ4v) is 1.90. The van der Waals surface area contributed by atoms with Crippen molar-refractivity contribution in [3.8, 4) is 0 Å². The van der Waals surface area contributed by atoms with Crippen LogP contribution in [-0.4, -0.2) is 25.8 Å². The highest BCUT2D eigenvalue weighted by molar-refractivity contribution is 5.89. The maximum atomic E-state index is 10.9. The van der Waals surface area contributed by atoms with Crippen molar-refractivity contribution in [1.29, 1.82) is 0 Å². The Morgan fingerprint density at radius 1 is 1.35 bits per heavy atom. The molecule has 20 heavy (non-hydrogen) atoms. The second-order valence-electron chi connectivity index (χ2n) is 4.28. The minimum Gasteiger partial charge on any atom is -0.476 e. The number of nitrogens with zero attached hydrogens (tertiary/aromatic N) is 3. The van der Waals surface area contributed by atoms with Gasteiger partial charge in [-0.15, -0.1) is 0 Å². The molecule has 2 rings (SSSR count). The van der Waals surface area contributed by atoms with E-state index in [2.05, 4.69) is 5.10 Å². The summed E-state index contributed by atoms with van der Waals surface area (Å²) in [6.07, 6.45) is 2.69. The van der Waals surface area contributed by atoms with Gasteiger partial charge in [-0.25, -0.2) is 4.79 Å².